The van der Waals surface area contributed by atoms with Crippen LogP contribution in [0.4, 0.5) is 0 Å². The molecule has 1 aliphatic carbocycles. The van der Waals surface area contributed by atoms with E-state index < -0.39 is 10.0 Å². The molecule has 0 N–H and O–H groups in total. The highest BCUT2D eigenvalue weighted by molar-refractivity contribution is 7.89. The summed E-state index contributed by atoms with van der Waals surface area (Å²) in [6.07, 6.45) is 2.24. The first-order valence-corrected chi connectivity index (χ1v) is 14.9. The molecule has 37 heavy (non-hydrogen) atoms. The number of halogens is 1. The van der Waals surface area contributed by atoms with Crippen LogP contribution < -0.4 is 9.47 Å². The zero-order valence-electron chi connectivity index (χ0n) is 20.7. The molecular weight excluding hydrogens is 532 g/mol. The van der Waals surface area contributed by atoms with Crippen LogP contribution in [-0.2, 0) is 21.2 Å². The lowest BCUT2D eigenvalue weighted by Crippen LogP contribution is -2.48. The number of rotatable bonds is 9. The van der Waals surface area contributed by atoms with Gasteiger partial charge in [0, 0.05) is 22.5 Å². The Bertz CT molecular complexity index is 1390. The van der Waals surface area contributed by atoms with Crippen molar-refractivity contribution in [2.24, 2.45) is 0 Å². The van der Waals surface area contributed by atoms with Crippen molar-refractivity contribution in [3.8, 4) is 11.5 Å². The number of benzene rings is 2. The van der Waals surface area contributed by atoms with Crippen LogP contribution in [0.3, 0.4) is 0 Å². The Kier molecular flexibility index (Phi) is 7.49. The van der Waals surface area contributed by atoms with Gasteiger partial charge in [-0.15, -0.1) is 11.3 Å². The van der Waals surface area contributed by atoms with Crippen molar-refractivity contribution in [1.82, 2.24) is 9.21 Å². The highest BCUT2D eigenvalue weighted by atomic mass is 35.5. The Morgan fingerprint density at radius 3 is 2.54 bits per heavy atom. The van der Waals surface area contributed by atoms with Gasteiger partial charge in [-0.1, -0.05) is 11.6 Å². The number of hydrogen-bond donors (Lipinski definition) is 0. The first kappa shape index (κ1) is 26.0. The molecule has 0 bridgehead atoms. The molecule has 10 heteroatoms. The first-order valence-electron chi connectivity index (χ1n) is 12.2. The summed E-state index contributed by atoms with van der Waals surface area (Å²) < 4.78 is 39.7. The molecule has 1 aromatic heterocycles. The number of carbonyl (C=O) groups is 1. The van der Waals surface area contributed by atoms with Crippen LogP contribution in [0, 0.1) is 6.92 Å². The maximum atomic E-state index is 13.7. The van der Waals surface area contributed by atoms with E-state index in [2.05, 4.69) is 0 Å². The summed E-state index contributed by atoms with van der Waals surface area (Å²) >= 11 is 7.83. The summed E-state index contributed by atoms with van der Waals surface area (Å²) in [5, 5.41) is 2.70. The number of carbonyl (C=O) groups excluding carboxylic acids is 1. The lowest BCUT2D eigenvalue weighted by atomic mass is 10.0. The largest absolute Gasteiger partial charge is 0.497 e. The quantitative estimate of drug-likeness (QED) is 0.365. The third-order valence-corrected chi connectivity index (χ3v) is 10.2. The topological polar surface area (TPSA) is 76.2 Å². The number of ether oxygens (including phenoxy) is 2. The maximum absolute atomic E-state index is 13.7. The van der Waals surface area contributed by atoms with Crippen LogP contribution >= 0.6 is 22.9 Å². The molecule has 7 nitrogen and oxygen atoms in total. The summed E-state index contributed by atoms with van der Waals surface area (Å²) in [6.45, 7) is 2.50. The second-order valence-electron chi connectivity index (χ2n) is 9.33. The number of aryl methyl sites for hydroxylation is 1. The number of amides is 1. The maximum Gasteiger partial charge on any atom is 0.243 e. The Balaban J connectivity index is 1.36. The van der Waals surface area contributed by atoms with Gasteiger partial charge in [-0.05, 0) is 91.2 Å². The predicted octanol–water partition coefficient (Wildman–Crippen LogP) is 5.08. The molecule has 2 aliphatic rings. The summed E-state index contributed by atoms with van der Waals surface area (Å²) in [4.78, 5) is 16.9. The van der Waals surface area contributed by atoms with E-state index in [1.807, 2.05) is 30.5 Å². The SMILES string of the molecule is COc1ccc(S(=O)(=O)N(CC(=O)N2CCc3sccc3[C@H]2COc2ccc(Cl)c(C)c2)C2CC2)cc1. The molecule has 1 fully saturated rings. The van der Waals surface area contributed by atoms with Gasteiger partial charge in [-0.25, -0.2) is 8.42 Å². The van der Waals surface area contributed by atoms with Gasteiger partial charge in [0.2, 0.25) is 15.9 Å². The van der Waals surface area contributed by atoms with Crippen LogP contribution in [0.15, 0.2) is 58.8 Å². The Morgan fingerprint density at radius 2 is 1.86 bits per heavy atom. The van der Waals surface area contributed by atoms with E-state index in [1.165, 1.54) is 28.4 Å². The fourth-order valence-electron chi connectivity index (χ4n) is 4.64. The van der Waals surface area contributed by atoms with E-state index in [4.69, 9.17) is 21.1 Å². The van der Waals surface area contributed by atoms with Crippen LogP contribution in [0.2, 0.25) is 5.02 Å². The molecule has 2 heterocycles. The van der Waals surface area contributed by atoms with Crippen molar-refractivity contribution in [2.75, 3.05) is 26.8 Å². The van der Waals surface area contributed by atoms with Crippen molar-refractivity contribution >= 4 is 38.9 Å². The lowest BCUT2D eigenvalue weighted by molar-refractivity contribution is -0.135. The number of hydrogen-bond acceptors (Lipinski definition) is 6. The summed E-state index contributed by atoms with van der Waals surface area (Å²) in [5.74, 6) is 1.03. The highest BCUT2D eigenvalue weighted by Crippen LogP contribution is 2.36. The predicted molar refractivity (Wildman–Crippen MR) is 144 cm³/mol. The molecule has 0 unspecified atom stereocenters. The number of nitrogens with zero attached hydrogens (tertiary/aromatic N) is 2. The number of fused-ring (bicyclic) bond motifs is 1. The molecule has 5 rings (SSSR count). The standard InChI is InChI=1S/C27H29ClN2O5S2/c1-18-15-21(7-10-24(18)28)35-17-25-23-12-14-36-26(23)11-13-29(25)27(31)16-30(19-3-4-19)37(32,33)22-8-5-20(34-2)6-9-22/h5-10,12,14-15,19,25H,3-4,11,13,16-17H2,1-2H3/t25-/m1/s1. The molecule has 1 saturated carbocycles. The fourth-order valence-corrected chi connectivity index (χ4v) is 7.32. The summed E-state index contributed by atoms with van der Waals surface area (Å²) in [7, 11) is -2.31. The molecule has 1 aliphatic heterocycles. The minimum absolute atomic E-state index is 0.157. The molecule has 0 radical (unpaired) electrons. The van der Waals surface area contributed by atoms with Crippen LogP contribution in [0.5, 0.6) is 11.5 Å². The average Bonchev–Trinajstić information content (AvgIpc) is 3.62. The van der Waals surface area contributed by atoms with Gasteiger partial charge in [-0.3, -0.25) is 4.79 Å². The Morgan fingerprint density at radius 1 is 1.14 bits per heavy atom. The Hall–Kier alpha value is -2.59. The molecule has 2 aromatic carbocycles. The minimum atomic E-state index is -3.84. The van der Waals surface area contributed by atoms with E-state index in [9.17, 15) is 13.2 Å². The van der Waals surface area contributed by atoms with Crippen molar-refractivity contribution in [3.63, 3.8) is 0 Å². The van der Waals surface area contributed by atoms with E-state index in [0.29, 0.717) is 23.1 Å². The minimum Gasteiger partial charge on any atom is -0.497 e. The first-order chi connectivity index (χ1) is 17.8. The van der Waals surface area contributed by atoms with Crippen molar-refractivity contribution < 1.29 is 22.7 Å². The van der Waals surface area contributed by atoms with Crippen molar-refractivity contribution in [2.45, 2.75) is 43.2 Å². The molecule has 196 valence electrons. The molecule has 0 spiro atoms. The lowest BCUT2D eigenvalue weighted by Gasteiger charge is -2.37. The third kappa shape index (κ3) is 5.50. The van der Waals surface area contributed by atoms with Gasteiger partial charge >= 0.3 is 0 Å². The number of thiophene rings is 1. The van der Waals surface area contributed by atoms with Gasteiger partial charge in [0.1, 0.15) is 18.1 Å². The molecular formula is C27H29ClN2O5S2. The van der Waals surface area contributed by atoms with Gasteiger partial charge in [0.25, 0.3) is 0 Å². The van der Waals surface area contributed by atoms with Crippen LogP contribution in [0.25, 0.3) is 0 Å². The third-order valence-electron chi connectivity index (χ3n) is 6.86. The van der Waals surface area contributed by atoms with Gasteiger partial charge in [0.15, 0.2) is 0 Å². The van der Waals surface area contributed by atoms with Crippen LogP contribution in [0.1, 0.15) is 34.9 Å². The van der Waals surface area contributed by atoms with E-state index in [-0.39, 0.29) is 36.0 Å². The molecule has 3 aromatic rings. The Labute approximate surface area is 226 Å². The monoisotopic (exact) mass is 560 g/mol. The van der Waals surface area contributed by atoms with Crippen molar-refractivity contribution in [1.29, 1.82) is 0 Å². The zero-order chi connectivity index (χ0) is 26.2. The van der Waals surface area contributed by atoms with Gasteiger partial charge < -0.3 is 14.4 Å². The second-order valence-corrected chi connectivity index (χ2v) is 12.6. The van der Waals surface area contributed by atoms with Crippen LogP contribution in [-0.4, -0.2) is 56.4 Å². The average molecular weight is 561 g/mol. The fraction of sp³-hybridized carbons (Fsp3) is 0.370. The summed E-state index contributed by atoms with van der Waals surface area (Å²) in [5.41, 5.74) is 1.97. The van der Waals surface area contributed by atoms with E-state index >= 15 is 0 Å². The van der Waals surface area contributed by atoms with E-state index in [1.54, 1.807) is 34.4 Å². The van der Waals surface area contributed by atoms with Gasteiger partial charge in [0.05, 0.1) is 24.6 Å². The molecule has 1 atom stereocenters. The smallest absolute Gasteiger partial charge is 0.243 e. The number of methoxy groups -OCH3 is 1. The highest BCUT2D eigenvalue weighted by Gasteiger charge is 2.41. The number of sulfonamides is 1. The van der Waals surface area contributed by atoms with E-state index in [0.717, 1.165) is 30.4 Å². The van der Waals surface area contributed by atoms with Gasteiger partial charge in [-0.2, -0.15) is 4.31 Å². The summed E-state index contributed by atoms with van der Waals surface area (Å²) in [6, 6.07) is 13.3. The zero-order valence-corrected chi connectivity index (χ0v) is 23.1. The molecule has 1 amide bonds. The van der Waals surface area contributed by atoms with Crippen molar-refractivity contribution in [3.05, 3.63) is 74.9 Å². The molecule has 0 saturated heterocycles. The second kappa shape index (κ2) is 10.6. The normalized spacial score (nSPS) is 17.5.